The second kappa shape index (κ2) is 7.08. The van der Waals surface area contributed by atoms with E-state index in [9.17, 15) is 13.6 Å². The van der Waals surface area contributed by atoms with Crippen LogP contribution in [-0.2, 0) is 13.0 Å². The molecule has 1 heterocycles. The van der Waals surface area contributed by atoms with Crippen LogP contribution in [-0.4, -0.2) is 10.5 Å². The van der Waals surface area contributed by atoms with E-state index in [0.717, 1.165) is 40.7 Å². The number of rotatable bonds is 5. The molecule has 3 nitrogen and oxygen atoms in total. The van der Waals surface area contributed by atoms with E-state index in [1.807, 2.05) is 16.7 Å². The van der Waals surface area contributed by atoms with Crippen molar-refractivity contribution in [2.24, 2.45) is 5.73 Å². The number of amides is 1. The highest BCUT2D eigenvalue weighted by Crippen LogP contribution is 2.33. The predicted molar refractivity (Wildman–Crippen MR) is 107 cm³/mol. The summed E-state index contributed by atoms with van der Waals surface area (Å²) in [7, 11) is 0. The number of nitrogens with two attached hydrogens (primary N) is 1. The first-order valence-electron chi connectivity index (χ1n) is 9.26. The van der Waals surface area contributed by atoms with Crippen LogP contribution >= 0.6 is 0 Å². The third kappa shape index (κ3) is 3.13. The second-order valence-electron chi connectivity index (χ2n) is 7.03. The quantitative estimate of drug-likeness (QED) is 0.512. The fourth-order valence-corrected chi connectivity index (χ4v) is 3.89. The zero-order valence-corrected chi connectivity index (χ0v) is 15.5. The van der Waals surface area contributed by atoms with Gasteiger partial charge in [-0.15, -0.1) is 0 Å². The van der Waals surface area contributed by atoms with Crippen LogP contribution in [0.15, 0.2) is 54.6 Å². The number of halogens is 2. The largest absolute Gasteiger partial charge is 0.366 e. The number of primary amides is 1. The van der Waals surface area contributed by atoms with Crippen LogP contribution in [0, 0.1) is 11.6 Å². The molecule has 0 saturated heterocycles. The summed E-state index contributed by atoms with van der Waals surface area (Å²) in [5.74, 6) is -1.72. The van der Waals surface area contributed by atoms with Gasteiger partial charge >= 0.3 is 0 Å². The second-order valence-corrected chi connectivity index (χ2v) is 7.03. The van der Waals surface area contributed by atoms with Gasteiger partial charge in [0.2, 0.25) is 5.91 Å². The molecule has 28 heavy (non-hydrogen) atoms. The molecular formula is C23H20F2N2O. The van der Waals surface area contributed by atoms with E-state index in [-0.39, 0.29) is 6.54 Å². The molecule has 1 amide bonds. The number of aryl methyl sites for hydroxylation is 1. The minimum atomic E-state index is -0.611. The van der Waals surface area contributed by atoms with E-state index in [2.05, 4.69) is 19.1 Å². The highest BCUT2D eigenvalue weighted by molar-refractivity contribution is 6.17. The van der Waals surface area contributed by atoms with Crippen molar-refractivity contribution >= 4 is 27.7 Å². The molecule has 0 radical (unpaired) electrons. The number of carbonyl (C=O) groups is 1. The van der Waals surface area contributed by atoms with Crippen LogP contribution in [0.3, 0.4) is 0 Å². The summed E-state index contributed by atoms with van der Waals surface area (Å²) in [5.41, 5.74) is 9.46. The van der Waals surface area contributed by atoms with Crippen molar-refractivity contribution in [3.63, 3.8) is 0 Å². The molecular weight excluding hydrogens is 358 g/mol. The lowest BCUT2D eigenvalue weighted by atomic mass is 10.0. The lowest BCUT2D eigenvalue weighted by Crippen LogP contribution is -2.11. The van der Waals surface area contributed by atoms with Gasteiger partial charge in [0.15, 0.2) is 0 Å². The molecule has 0 aliphatic carbocycles. The Morgan fingerprint density at radius 2 is 1.71 bits per heavy atom. The number of hydrogen-bond donors (Lipinski definition) is 1. The van der Waals surface area contributed by atoms with Crippen LogP contribution in [0.1, 0.15) is 34.8 Å². The molecule has 1 aromatic heterocycles. The van der Waals surface area contributed by atoms with Crippen LogP contribution in [0.5, 0.6) is 0 Å². The molecule has 4 rings (SSSR count). The normalized spacial score (nSPS) is 11.4. The summed E-state index contributed by atoms with van der Waals surface area (Å²) in [4.78, 5) is 12.0. The molecule has 0 aliphatic heterocycles. The van der Waals surface area contributed by atoms with Gasteiger partial charge in [-0.05, 0) is 47.9 Å². The summed E-state index contributed by atoms with van der Waals surface area (Å²) in [5, 5.41) is 1.67. The minimum Gasteiger partial charge on any atom is -0.366 e. The van der Waals surface area contributed by atoms with Crippen molar-refractivity contribution in [3.05, 3.63) is 82.9 Å². The fourth-order valence-electron chi connectivity index (χ4n) is 3.89. The molecule has 0 unspecified atom stereocenters. The Hall–Kier alpha value is -3.21. The lowest BCUT2D eigenvalue weighted by molar-refractivity contribution is 0.100. The average molecular weight is 378 g/mol. The molecule has 2 N–H and O–H groups in total. The molecule has 4 aromatic rings. The third-order valence-electron chi connectivity index (χ3n) is 5.02. The van der Waals surface area contributed by atoms with Crippen molar-refractivity contribution in [1.82, 2.24) is 4.57 Å². The van der Waals surface area contributed by atoms with E-state index < -0.39 is 17.5 Å². The maximum atomic E-state index is 13.7. The van der Waals surface area contributed by atoms with Crippen molar-refractivity contribution < 1.29 is 13.6 Å². The van der Waals surface area contributed by atoms with E-state index in [4.69, 9.17) is 5.73 Å². The van der Waals surface area contributed by atoms with E-state index in [0.29, 0.717) is 11.1 Å². The lowest BCUT2D eigenvalue weighted by Gasteiger charge is -2.09. The van der Waals surface area contributed by atoms with Crippen LogP contribution in [0.4, 0.5) is 8.78 Å². The molecule has 0 saturated carbocycles. The molecule has 0 aliphatic rings. The van der Waals surface area contributed by atoms with E-state index >= 15 is 0 Å². The molecule has 0 atom stereocenters. The summed E-state index contributed by atoms with van der Waals surface area (Å²) >= 11 is 0. The van der Waals surface area contributed by atoms with Crippen molar-refractivity contribution in [2.45, 2.75) is 26.3 Å². The van der Waals surface area contributed by atoms with Crippen LogP contribution in [0.2, 0.25) is 0 Å². The number of hydrogen-bond acceptors (Lipinski definition) is 1. The van der Waals surface area contributed by atoms with Gasteiger partial charge in [0, 0.05) is 34.5 Å². The third-order valence-corrected chi connectivity index (χ3v) is 5.02. The fraction of sp³-hybridized carbons (Fsp3) is 0.174. The molecule has 142 valence electrons. The Morgan fingerprint density at radius 3 is 2.39 bits per heavy atom. The SMILES string of the molecule is CCCc1ccc2c3c(C(N)=O)cccc3n(Cc3cc(F)cc(F)c3)c2c1. The topological polar surface area (TPSA) is 48.0 Å². The number of carbonyl (C=O) groups excluding carboxylic acids is 1. The summed E-state index contributed by atoms with van der Waals surface area (Å²) in [6, 6.07) is 15.0. The summed E-state index contributed by atoms with van der Waals surface area (Å²) in [6.45, 7) is 2.40. The van der Waals surface area contributed by atoms with Gasteiger partial charge in [-0.3, -0.25) is 4.79 Å². The Labute approximate surface area is 161 Å². The van der Waals surface area contributed by atoms with Gasteiger partial charge in [0.1, 0.15) is 11.6 Å². The molecule has 0 bridgehead atoms. The van der Waals surface area contributed by atoms with E-state index in [1.54, 1.807) is 12.1 Å². The number of aromatic nitrogens is 1. The van der Waals surface area contributed by atoms with Crippen LogP contribution in [0.25, 0.3) is 21.8 Å². The Balaban J connectivity index is 2.02. The molecule has 5 heteroatoms. The monoisotopic (exact) mass is 378 g/mol. The predicted octanol–water partition coefficient (Wildman–Crippen LogP) is 5.17. The van der Waals surface area contributed by atoms with Gasteiger partial charge in [0.05, 0.1) is 5.52 Å². The zero-order valence-electron chi connectivity index (χ0n) is 15.5. The molecule has 0 fully saturated rings. The number of fused-ring (bicyclic) bond motifs is 3. The van der Waals surface area contributed by atoms with Crippen molar-refractivity contribution in [3.8, 4) is 0 Å². The van der Waals surface area contributed by atoms with Crippen molar-refractivity contribution in [1.29, 1.82) is 0 Å². The van der Waals surface area contributed by atoms with Crippen molar-refractivity contribution in [2.75, 3.05) is 0 Å². The standard InChI is InChI=1S/C23H20F2N2O/c1-2-4-14-7-8-18-21(11-14)27(13-15-9-16(24)12-17(25)10-15)20-6-3-5-19(22(18)20)23(26)28/h3,5-12H,2,4,13H2,1H3,(H2,26,28). The molecule has 3 aromatic carbocycles. The zero-order chi connectivity index (χ0) is 19.8. The summed E-state index contributed by atoms with van der Waals surface area (Å²) in [6.07, 6.45) is 1.93. The van der Waals surface area contributed by atoms with E-state index in [1.165, 1.54) is 17.7 Å². The highest BCUT2D eigenvalue weighted by atomic mass is 19.1. The highest BCUT2D eigenvalue weighted by Gasteiger charge is 2.17. The summed E-state index contributed by atoms with van der Waals surface area (Å²) < 4.78 is 29.4. The smallest absolute Gasteiger partial charge is 0.249 e. The van der Waals surface area contributed by atoms with Crippen LogP contribution < -0.4 is 5.73 Å². The average Bonchev–Trinajstić information content (AvgIpc) is 2.94. The van der Waals surface area contributed by atoms with Gasteiger partial charge in [-0.2, -0.15) is 0 Å². The minimum absolute atomic E-state index is 0.284. The van der Waals surface area contributed by atoms with Gasteiger partial charge in [-0.1, -0.05) is 31.5 Å². The van der Waals surface area contributed by atoms with Gasteiger partial charge in [-0.25, -0.2) is 8.78 Å². The first kappa shape index (κ1) is 18.2. The first-order chi connectivity index (χ1) is 13.5. The van der Waals surface area contributed by atoms with Gasteiger partial charge in [0.25, 0.3) is 0 Å². The maximum Gasteiger partial charge on any atom is 0.249 e. The number of nitrogens with zero attached hydrogens (tertiary/aromatic N) is 1. The Kier molecular flexibility index (Phi) is 4.59. The van der Waals surface area contributed by atoms with Gasteiger partial charge < -0.3 is 10.3 Å². The Bertz CT molecular complexity index is 1190. The first-order valence-corrected chi connectivity index (χ1v) is 9.26. The molecule has 0 spiro atoms. The maximum absolute atomic E-state index is 13.7. The Morgan fingerprint density at radius 1 is 0.964 bits per heavy atom. The number of benzene rings is 3.